The van der Waals surface area contributed by atoms with E-state index in [1.54, 1.807) is 31.4 Å². The smallest absolute Gasteiger partial charge is 0.141 e. The molecule has 2 aromatic carbocycles. The predicted molar refractivity (Wildman–Crippen MR) is 77.3 cm³/mol. The standard InChI is InChI=1S/C16H14ClFO3/c1-20-10-3-4-11-14(19)8-15(21-16(11)7-10)9-2-5-13(18)12(17)6-9/h2-7,14-15,19H,8H2,1H3/t14-,15?/m0/s1. The lowest BCUT2D eigenvalue weighted by Gasteiger charge is -2.30. The van der Waals surface area contributed by atoms with Crippen molar-refractivity contribution < 1.29 is 19.0 Å². The van der Waals surface area contributed by atoms with Crippen molar-refractivity contribution in [2.45, 2.75) is 18.6 Å². The number of hydrogen-bond acceptors (Lipinski definition) is 3. The van der Waals surface area contributed by atoms with E-state index in [1.165, 1.54) is 12.1 Å². The largest absolute Gasteiger partial charge is 0.497 e. The number of rotatable bonds is 2. The van der Waals surface area contributed by atoms with E-state index in [9.17, 15) is 9.50 Å². The number of methoxy groups -OCH3 is 1. The molecule has 0 aromatic heterocycles. The first-order chi connectivity index (χ1) is 10.1. The Morgan fingerprint density at radius 3 is 2.81 bits per heavy atom. The van der Waals surface area contributed by atoms with E-state index in [0.717, 1.165) is 11.1 Å². The summed E-state index contributed by atoms with van der Waals surface area (Å²) in [6.45, 7) is 0. The summed E-state index contributed by atoms with van der Waals surface area (Å²) >= 11 is 5.80. The number of fused-ring (bicyclic) bond motifs is 1. The quantitative estimate of drug-likeness (QED) is 0.910. The van der Waals surface area contributed by atoms with E-state index in [4.69, 9.17) is 21.1 Å². The number of ether oxygens (including phenoxy) is 2. The molecule has 2 aromatic rings. The maximum Gasteiger partial charge on any atom is 0.141 e. The van der Waals surface area contributed by atoms with Gasteiger partial charge >= 0.3 is 0 Å². The predicted octanol–water partition coefficient (Wildman–Crippen LogP) is 4.04. The third kappa shape index (κ3) is 2.69. The molecule has 110 valence electrons. The molecule has 21 heavy (non-hydrogen) atoms. The lowest BCUT2D eigenvalue weighted by atomic mass is 9.95. The molecule has 1 aliphatic rings. The van der Waals surface area contributed by atoms with Crippen molar-refractivity contribution in [3.63, 3.8) is 0 Å². The topological polar surface area (TPSA) is 38.7 Å². The van der Waals surface area contributed by atoms with Gasteiger partial charge in [-0.3, -0.25) is 0 Å². The minimum atomic E-state index is -0.645. The Hall–Kier alpha value is -1.78. The van der Waals surface area contributed by atoms with Gasteiger partial charge in [0.2, 0.25) is 0 Å². The van der Waals surface area contributed by atoms with Crippen LogP contribution in [0.3, 0.4) is 0 Å². The van der Waals surface area contributed by atoms with Crippen LogP contribution in [-0.2, 0) is 0 Å². The highest BCUT2D eigenvalue weighted by Gasteiger charge is 2.28. The zero-order valence-electron chi connectivity index (χ0n) is 11.3. The molecule has 3 rings (SSSR count). The number of aliphatic hydroxyl groups excluding tert-OH is 1. The van der Waals surface area contributed by atoms with E-state index >= 15 is 0 Å². The summed E-state index contributed by atoms with van der Waals surface area (Å²) in [4.78, 5) is 0. The highest BCUT2D eigenvalue weighted by Crippen LogP contribution is 2.42. The molecule has 3 nitrogen and oxygen atoms in total. The number of halogens is 2. The molecule has 1 unspecified atom stereocenters. The van der Waals surface area contributed by atoms with Crippen LogP contribution in [0.2, 0.25) is 5.02 Å². The highest BCUT2D eigenvalue weighted by molar-refractivity contribution is 6.30. The van der Waals surface area contributed by atoms with Crippen LogP contribution in [0.15, 0.2) is 36.4 Å². The van der Waals surface area contributed by atoms with Gasteiger partial charge in [-0.15, -0.1) is 0 Å². The van der Waals surface area contributed by atoms with Crippen LogP contribution < -0.4 is 9.47 Å². The summed E-state index contributed by atoms with van der Waals surface area (Å²) in [7, 11) is 1.57. The Labute approximate surface area is 126 Å². The fourth-order valence-corrected chi connectivity index (χ4v) is 2.66. The van der Waals surface area contributed by atoms with Crippen molar-refractivity contribution >= 4 is 11.6 Å². The molecule has 0 saturated carbocycles. The van der Waals surface area contributed by atoms with Gasteiger partial charge in [-0.25, -0.2) is 4.39 Å². The Morgan fingerprint density at radius 2 is 2.10 bits per heavy atom. The molecular weight excluding hydrogens is 295 g/mol. The molecule has 0 radical (unpaired) electrons. The SMILES string of the molecule is COc1ccc2c(c1)OC(c1ccc(F)c(Cl)c1)C[C@@H]2O. The molecule has 2 atom stereocenters. The minimum Gasteiger partial charge on any atom is -0.497 e. The zero-order valence-corrected chi connectivity index (χ0v) is 12.1. The van der Waals surface area contributed by atoms with Crippen LogP contribution in [0.1, 0.15) is 29.8 Å². The van der Waals surface area contributed by atoms with Crippen molar-refractivity contribution in [3.8, 4) is 11.5 Å². The van der Waals surface area contributed by atoms with Crippen molar-refractivity contribution in [2.75, 3.05) is 7.11 Å². The van der Waals surface area contributed by atoms with Crippen molar-refractivity contribution in [2.24, 2.45) is 0 Å². The number of hydrogen-bond donors (Lipinski definition) is 1. The lowest BCUT2D eigenvalue weighted by molar-refractivity contribution is 0.0654. The van der Waals surface area contributed by atoms with E-state index in [-0.39, 0.29) is 11.1 Å². The zero-order chi connectivity index (χ0) is 15.0. The Bertz CT molecular complexity index is 675. The molecule has 5 heteroatoms. The van der Waals surface area contributed by atoms with E-state index in [1.807, 2.05) is 0 Å². The van der Waals surface area contributed by atoms with Gasteiger partial charge in [-0.2, -0.15) is 0 Å². The van der Waals surface area contributed by atoms with Crippen LogP contribution in [0, 0.1) is 5.82 Å². The third-order valence-corrected chi connectivity index (χ3v) is 3.89. The molecule has 0 bridgehead atoms. The molecule has 0 spiro atoms. The average molecular weight is 309 g/mol. The minimum absolute atomic E-state index is 0.0435. The normalized spacial score (nSPS) is 20.6. The van der Waals surface area contributed by atoms with Gasteiger partial charge in [0.1, 0.15) is 23.4 Å². The molecule has 1 heterocycles. The molecule has 0 fully saturated rings. The second-order valence-corrected chi connectivity index (χ2v) is 5.34. The van der Waals surface area contributed by atoms with Crippen LogP contribution in [0.25, 0.3) is 0 Å². The summed E-state index contributed by atoms with van der Waals surface area (Å²) in [6, 6.07) is 9.74. The van der Waals surface area contributed by atoms with E-state index in [0.29, 0.717) is 17.9 Å². The summed E-state index contributed by atoms with van der Waals surface area (Å²) in [5.74, 6) is 0.746. The van der Waals surface area contributed by atoms with Gasteiger partial charge in [-0.1, -0.05) is 17.7 Å². The van der Waals surface area contributed by atoms with Crippen molar-refractivity contribution in [1.29, 1.82) is 0 Å². The van der Waals surface area contributed by atoms with Crippen molar-refractivity contribution in [3.05, 3.63) is 58.4 Å². The fraction of sp³-hybridized carbons (Fsp3) is 0.250. The van der Waals surface area contributed by atoms with Gasteiger partial charge in [-0.05, 0) is 29.8 Å². The molecule has 1 N–H and O–H groups in total. The van der Waals surface area contributed by atoms with Gasteiger partial charge in [0.25, 0.3) is 0 Å². The Morgan fingerprint density at radius 1 is 1.29 bits per heavy atom. The third-order valence-electron chi connectivity index (χ3n) is 3.60. The number of aliphatic hydroxyl groups is 1. The van der Waals surface area contributed by atoms with Crippen LogP contribution in [0.5, 0.6) is 11.5 Å². The second kappa shape index (κ2) is 5.54. The maximum atomic E-state index is 13.2. The second-order valence-electron chi connectivity index (χ2n) is 4.94. The Balaban J connectivity index is 1.94. The molecule has 1 aliphatic heterocycles. The monoisotopic (exact) mass is 308 g/mol. The molecule has 0 aliphatic carbocycles. The summed E-state index contributed by atoms with van der Waals surface area (Å²) < 4.78 is 24.3. The molecular formula is C16H14ClFO3. The van der Waals surface area contributed by atoms with Gasteiger partial charge in [0.05, 0.1) is 18.2 Å². The summed E-state index contributed by atoms with van der Waals surface area (Å²) in [5.41, 5.74) is 1.45. The van der Waals surface area contributed by atoms with E-state index < -0.39 is 11.9 Å². The van der Waals surface area contributed by atoms with Gasteiger partial charge < -0.3 is 14.6 Å². The first-order valence-corrected chi connectivity index (χ1v) is 6.94. The van der Waals surface area contributed by atoms with E-state index in [2.05, 4.69) is 0 Å². The maximum absolute atomic E-state index is 13.2. The van der Waals surface area contributed by atoms with Gasteiger partial charge in [0.15, 0.2) is 0 Å². The fourth-order valence-electron chi connectivity index (χ4n) is 2.47. The van der Waals surface area contributed by atoms with Gasteiger partial charge in [0, 0.05) is 18.1 Å². The Kier molecular flexibility index (Phi) is 3.74. The van der Waals surface area contributed by atoms with Crippen LogP contribution in [0.4, 0.5) is 4.39 Å². The average Bonchev–Trinajstić information content (AvgIpc) is 2.49. The first-order valence-electron chi connectivity index (χ1n) is 6.56. The van der Waals surface area contributed by atoms with Crippen molar-refractivity contribution in [1.82, 2.24) is 0 Å². The first kappa shape index (κ1) is 14.2. The molecule has 0 amide bonds. The van der Waals surface area contributed by atoms with Crippen LogP contribution in [-0.4, -0.2) is 12.2 Å². The highest BCUT2D eigenvalue weighted by atomic mass is 35.5. The summed E-state index contributed by atoms with van der Waals surface area (Å²) in [5, 5.41) is 10.3. The lowest BCUT2D eigenvalue weighted by Crippen LogP contribution is -2.19. The van der Waals surface area contributed by atoms with Crippen LogP contribution >= 0.6 is 11.6 Å². The summed E-state index contributed by atoms with van der Waals surface area (Å²) in [6.07, 6.45) is -0.632. The molecule has 0 saturated heterocycles. The number of benzene rings is 2.